The smallest absolute Gasteiger partial charge is 0.264 e. The van der Waals surface area contributed by atoms with E-state index in [1.807, 2.05) is 6.92 Å². The molecule has 0 unspecified atom stereocenters. The van der Waals surface area contributed by atoms with Crippen molar-refractivity contribution >= 4 is 43.0 Å². The van der Waals surface area contributed by atoms with Crippen LogP contribution in [-0.2, 0) is 26.5 Å². The summed E-state index contributed by atoms with van der Waals surface area (Å²) in [7, 11) is -7.28. The Morgan fingerprint density at radius 1 is 1.08 bits per heavy atom. The topological polar surface area (TPSA) is 83.6 Å². The van der Waals surface area contributed by atoms with Gasteiger partial charge in [-0.1, -0.05) is 17.7 Å². The Kier molecular flexibility index (Phi) is 5.18. The van der Waals surface area contributed by atoms with Crippen molar-refractivity contribution in [2.75, 3.05) is 20.8 Å². The molecule has 9 heteroatoms. The zero-order valence-corrected chi connectivity index (χ0v) is 16.5. The number of nitrogens with zero attached hydrogens (tertiary/aromatic N) is 1. The van der Waals surface area contributed by atoms with Crippen LogP contribution in [0.4, 0.5) is 11.4 Å². The molecule has 1 heterocycles. The molecule has 0 aromatic heterocycles. The summed E-state index contributed by atoms with van der Waals surface area (Å²) in [5.74, 6) is 0. The second kappa shape index (κ2) is 7.09. The first-order valence-electron chi connectivity index (χ1n) is 8.02. The van der Waals surface area contributed by atoms with Gasteiger partial charge in [0.15, 0.2) is 0 Å². The number of sulfonamides is 2. The predicted molar refractivity (Wildman–Crippen MR) is 104 cm³/mol. The maximum Gasteiger partial charge on any atom is 0.264 e. The number of anilines is 2. The molecule has 0 fully saturated rings. The van der Waals surface area contributed by atoms with E-state index in [4.69, 9.17) is 11.6 Å². The normalized spacial score (nSPS) is 14.8. The zero-order valence-electron chi connectivity index (χ0n) is 14.1. The Morgan fingerprint density at radius 2 is 1.77 bits per heavy atom. The van der Waals surface area contributed by atoms with Gasteiger partial charge in [0.2, 0.25) is 10.0 Å². The lowest BCUT2D eigenvalue weighted by atomic mass is 10.0. The number of aryl methyl sites for hydroxylation is 2. The molecule has 0 saturated carbocycles. The highest BCUT2D eigenvalue weighted by atomic mass is 35.5. The van der Waals surface area contributed by atoms with Crippen molar-refractivity contribution < 1.29 is 16.8 Å². The van der Waals surface area contributed by atoms with Crippen LogP contribution in [0.25, 0.3) is 0 Å². The summed E-state index contributed by atoms with van der Waals surface area (Å²) in [5.41, 5.74) is 2.71. The molecule has 0 spiro atoms. The fraction of sp³-hybridized carbons (Fsp3) is 0.294. The largest absolute Gasteiger partial charge is 0.283 e. The van der Waals surface area contributed by atoms with Gasteiger partial charge in [-0.3, -0.25) is 9.03 Å². The van der Waals surface area contributed by atoms with E-state index in [1.54, 1.807) is 42.5 Å². The second-order valence-electron chi connectivity index (χ2n) is 6.16. The highest BCUT2D eigenvalue weighted by molar-refractivity contribution is 7.93. The Labute approximate surface area is 158 Å². The average Bonchev–Trinajstić information content (AvgIpc) is 2.61. The molecule has 0 radical (unpaired) electrons. The maximum atomic E-state index is 13.0. The molecule has 2 aromatic carbocycles. The third-order valence-corrected chi connectivity index (χ3v) is 7.70. The molecule has 0 atom stereocenters. The molecular formula is C17H19ClN2O4S2. The molecule has 1 aliphatic rings. The van der Waals surface area contributed by atoms with Gasteiger partial charge in [0.05, 0.1) is 10.6 Å². The molecule has 1 aliphatic heterocycles. The third kappa shape index (κ3) is 3.82. The molecule has 0 saturated heterocycles. The number of benzene rings is 2. The lowest BCUT2D eigenvalue weighted by Crippen LogP contribution is -2.35. The summed E-state index contributed by atoms with van der Waals surface area (Å²) in [6.07, 6.45) is 1.33. The van der Waals surface area contributed by atoms with Gasteiger partial charge in [-0.2, -0.15) is 0 Å². The van der Waals surface area contributed by atoms with E-state index in [-0.39, 0.29) is 4.90 Å². The summed E-state index contributed by atoms with van der Waals surface area (Å²) in [5, 5.41) is -0.544. The van der Waals surface area contributed by atoms with E-state index in [0.29, 0.717) is 30.8 Å². The van der Waals surface area contributed by atoms with Crippen molar-refractivity contribution in [3.8, 4) is 0 Å². The minimum absolute atomic E-state index is 0.239. The van der Waals surface area contributed by atoms with Gasteiger partial charge in [0.25, 0.3) is 10.0 Å². The first-order chi connectivity index (χ1) is 12.2. The molecule has 0 aliphatic carbocycles. The standard InChI is InChI=1S/C17H19ClN2O4S2/c1-13-4-7-16(8-5-13)26(23,24)20-10-2-3-14-11-15(6-9-17(14)20)19-25(21,22)12-18/h4-9,11,19H,2-3,10,12H2,1H3. The van der Waals surface area contributed by atoms with Gasteiger partial charge in [0.1, 0.15) is 5.21 Å². The predicted octanol–water partition coefficient (Wildman–Crippen LogP) is 3.07. The summed E-state index contributed by atoms with van der Waals surface area (Å²) in [6.45, 7) is 2.28. The monoisotopic (exact) mass is 414 g/mol. The number of alkyl halides is 1. The van der Waals surface area contributed by atoms with Crippen LogP contribution in [-0.4, -0.2) is 28.6 Å². The van der Waals surface area contributed by atoms with E-state index in [0.717, 1.165) is 11.1 Å². The molecule has 2 aromatic rings. The zero-order chi connectivity index (χ0) is 18.9. The van der Waals surface area contributed by atoms with Crippen LogP contribution < -0.4 is 9.03 Å². The number of hydrogen-bond donors (Lipinski definition) is 1. The summed E-state index contributed by atoms with van der Waals surface area (Å²) in [4.78, 5) is 0.239. The number of rotatable bonds is 5. The van der Waals surface area contributed by atoms with E-state index in [9.17, 15) is 16.8 Å². The molecule has 0 amide bonds. The molecule has 3 rings (SSSR count). The Hall–Kier alpha value is -1.77. The molecule has 1 N–H and O–H groups in total. The van der Waals surface area contributed by atoms with Crippen LogP contribution in [0.1, 0.15) is 17.5 Å². The Balaban J connectivity index is 1.97. The second-order valence-corrected chi connectivity index (χ2v) is 10.3. The van der Waals surface area contributed by atoms with Crippen LogP contribution in [0.2, 0.25) is 0 Å². The summed E-state index contributed by atoms with van der Waals surface area (Å²) >= 11 is 5.41. The summed E-state index contributed by atoms with van der Waals surface area (Å²) in [6, 6.07) is 11.6. The van der Waals surface area contributed by atoms with Crippen LogP contribution >= 0.6 is 11.6 Å². The average molecular weight is 415 g/mol. The van der Waals surface area contributed by atoms with Crippen molar-refractivity contribution in [1.29, 1.82) is 0 Å². The quantitative estimate of drug-likeness (QED) is 0.762. The minimum Gasteiger partial charge on any atom is -0.283 e. The number of halogens is 1. The lowest BCUT2D eigenvalue weighted by Gasteiger charge is -2.31. The fourth-order valence-electron chi connectivity index (χ4n) is 2.92. The third-order valence-electron chi connectivity index (χ3n) is 4.18. The molecule has 0 bridgehead atoms. The molecular weight excluding hydrogens is 396 g/mol. The van der Waals surface area contributed by atoms with Gasteiger partial charge < -0.3 is 0 Å². The minimum atomic E-state index is -3.67. The summed E-state index contributed by atoms with van der Waals surface area (Å²) < 4.78 is 53.1. The highest BCUT2D eigenvalue weighted by Gasteiger charge is 2.29. The number of fused-ring (bicyclic) bond motifs is 1. The Morgan fingerprint density at radius 3 is 2.42 bits per heavy atom. The van der Waals surface area contributed by atoms with Crippen molar-refractivity contribution in [2.24, 2.45) is 0 Å². The lowest BCUT2D eigenvalue weighted by molar-refractivity contribution is 0.586. The fourth-order valence-corrected chi connectivity index (χ4v) is 5.17. The van der Waals surface area contributed by atoms with Crippen LogP contribution in [0.5, 0.6) is 0 Å². The van der Waals surface area contributed by atoms with E-state index in [2.05, 4.69) is 4.72 Å². The first kappa shape index (κ1) is 19.0. The van der Waals surface area contributed by atoms with Gasteiger partial charge in [0, 0.05) is 12.2 Å². The van der Waals surface area contributed by atoms with Crippen LogP contribution in [0.15, 0.2) is 47.4 Å². The maximum absolute atomic E-state index is 13.0. The molecule has 26 heavy (non-hydrogen) atoms. The molecule has 6 nitrogen and oxygen atoms in total. The highest BCUT2D eigenvalue weighted by Crippen LogP contribution is 2.34. The van der Waals surface area contributed by atoms with Crippen molar-refractivity contribution in [3.63, 3.8) is 0 Å². The molecule has 140 valence electrons. The number of hydrogen-bond acceptors (Lipinski definition) is 4. The van der Waals surface area contributed by atoms with Gasteiger partial charge in [-0.15, -0.1) is 11.6 Å². The van der Waals surface area contributed by atoms with E-state index in [1.165, 1.54) is 4.31 Å². The van der Waals surface area contributed by atoms with Gasteiger partial charge in [-0.05, 0) is 55.7 Å². The van der Waals surface area contributed by atoms with Gasteiger partial charge in [-0.25, -0.2) is 16.8 Å². The Bertz CT molecular complexity index is 1020. The van der Waals surface area contributed by atoms with Gasteiger partial charge >= 0.3 is 0 Å². The van der Waals surface area contributed by atoms with E-state index >= 15 is 0 Å². The van der Waals surface area contributed by atoms with E-state index < -0.39 is 25.3 Å². The SMILES string of the molecule is Cc1ccc(S(=O)(=O)N2CCCc3cc(NS(=O)(=O)CCl)ccc32)cc1. The van der Waals surface area contributed by atoms with Crippen molar-refractivity contribution in [3.05, 3.63) is 53.6 Å². The van der Waals surface area contributed by atoms with Crippen molar-refractivity contribution in [1.82, 2.24) is 0 Å². The van der Waals surface area contributed by atoms with Crippen LogP contribution in [0.3, 0.4) is 0 Å². The van der Waals surface area contributed by atoms with Crippen molar-refractivity contribution in [2.45, 2.75) is 24.7 Å². The van der Waals surface area contributed by atoms with Crippen LogP contribution in [0, 0.1) is 6.92 Å². The number of nitrogens with one attached hydrogen (secondary N) is 1. The first-order valence-corrected chi connectivity index (χ1v) is 11.6.